The quantitative estimate of drug-likeness (QED) is 0.711. The normalized spacial score (nSPS) is 11.8. The zero-order valence-corrected chi connectivity index (χ0v) is 7.78. The minimum atomic E-state index is 0.0448. The van der Waals surface area contributed by atoms with Crippen LogP contribution in [0.1, 0.15) is 18.5 Å². The fraction of sp³-hybridized carbons (Fsp3) is 0.300. The molecule has 1 aromatic rings. The van der Waals surface area contributed by atoms with Gasteiger partial charge in [0.25, 0.3) is 0 Å². The summed E-state index contributed by atoms with van der Waals surface area (Å²) in [5.74, 6) is 0.821. The number of carbonyl (C=O) groups is 1. The Balaban J connectivity index is 2.73. The molecule has 70 valence electrons. The van der Waals surface area contributed by atoms with Crippen LogP contribution >= 0.6 is 0 Å². The van der Waals surface area contributed by atoms with Crippen molar-refractivity contribution in [2.45, 2.75) is 13.0 Å². The number of hydrogen-bond acceptors (Lipinski definition) is 2. The highest BCUT2D eigenvalue weighted by Gasteiger charge is 2.02. The van der Waals surface area contributed by atoms with Crippen molar-refractivity contribution in [3.63, 3.8) is 0 Å². The highest BCUT2D eigenvalue weighted by molar-refractivity contribution is 5.47. The molecule has 0 aliphatic rings. The lowest BCUT2D eigenvalue weighted by atomic mass is 10.1. The summed E-state index contributed by atoms with van der Waals surface area (Å²) in [5, 5.41) is 2.68. The lowest BCUT2D eigenvalue weighted by Crippen LogP contribution is -2.15. The number of ether oxygens (including phenoxy) is 1. The van der Waals surface area contributed by atoms with E-state index in [2.05, 4.69) is 5.32 Å². The van der Waals surface area contributed by atoms with Crippen molar-refractivity contribution in [3.8, 4) is 5.75 Å². The van der Waals surface area contributed by atoms with E-state index in [0.717, 1.165) is 11.3 Å². The van der Waals surface area contributed by atoms with Crippen molar-refractivity contribution >= 4 is 6.41 Å². The van der Waals surface area contributed by atoms with Gasteiger partial charge in [-0.25, -0.2) is 0 Å². The molecule has 0 saturated heterocycles. The second kappa shape index (κ2) is 4.50. The Kier molecular flexibility index (Phi) is 3.31. The maximum Gasteiger partial charge on any atom is 0.207 e. The summed E-state index contributed by atoms with van der Waals surface area (Å²) < 4.78 is 5.02. The van der Waals surface area contributed by atoms with Gasteiger partial charge in [0.15, 0.2) is 0 Å². The molecule has 0 radical (unpaired) electrons. The van der Waals surface area contributed by atoms with Gasteiger partial charge in [0, 0.05) is 0 Å². The van der Waals surface area contributed by atoms with Crippen LogP contribution in [0.3, 0.4) is 0 Å². The van der Waals surface area contributed by atoms with Gasteiger partial charge < -0.3 is 10.1 Å². The van der Waals surface area contributed by atoms with Gasteiger partial charge >= 0.3 is 0 Å². The summed E-state index contributed by atoms with van der Waals surface area (Å²) in [5.41, 5.74) is 1.06. The van der Waals surface area contributed by atoms with Crippen LogP contribution in [0.15, 0.2) is 24.3 Å². The predicted molar refractivity (Wildman–Crippen MR) is 50.6 cm³/mol. The lowest BCUT2D eigenvalue weighted by Gasteiger charge is -2.10. The lowest BCUT2D eigenvalue weighted by molar-refractivity contribution is -0.110. The number of carbonyl (C=O) groups excluding carboxylic acids is 1. The van der Waals surface area contributed by atoms with E-state index >= 15 is 0 Å². The van der Waals surface area contributed by atoms with E-state index in [4.69, 9.17) is 4.74 Å². The Bertz CT molecular complexity index is 269. The number of rotatable bonds is 4. The monoisotopic (exact) mass is 179 g/mol. The fourth-order valence-electron chi connectivity index (χ4n) is 1.09. The van der Waals surface area contributed by atoms with Crippen molar-refractivity contribution in [1.29, 1.82) is 0 Å². The SMILES string of the molecule is COc1ccc([C@@H](C)NC=O)cc1. The number of amides is 1. The first-order valence-electron chi connectivity index (χ1n) is 4.11. The predicted octanol–water partition coefficient (Wildman–Crippen LogP) is 1.50. The van der Waals surface area contributed by atoms with E-state index in [-0.39, 0.29) is 6.04 Å². The zero-order chi connectivity index (χ0) is 9.68. The van der Waals surface area contributed by atoms with Crippen molar-refractivity contribution in [2.75, 3.05) is 7.11 Å². The van der Waals surface area contributed by atoms with E-state index in [1.165, 1.54) is 0 Å². The molecule has 0 unspecified atom stereocenters. The van der Waals surface area contributed by atoms with Crippen LogP contribution in [-0.2, 0) is 4.79 Å². The van der Waals surface area contributed by atoms with Gasteiger partial charge in [0.2, 0.25) is 6.41 Å². The van der Waals surface area contributed by atoms with Crippen LogP contribution in [0, 0.1) is 0 Å². The van der Waals surface area contributed by atoms with E-state index in [1.54, 1.807) is 7.11 Å². The smallest absolute Gasteiger partial charge is 0.207 e. The van der Waals surface area contributed by atoms with E-state index in [9.17, 15) is 4.79 Å². The van der Waals surface area contributed by atoms with E-state index < -0.39 is 0 Å². The summed E-state index contributed by atoms with van der Waals surface area (Å²) in [6, 6.07) is 7.65. The van der Waals surface area contributed by atoms with Gasteiger partial charge in [-0.3, -0.25) is 4.79 Å². The van der Waals surface area contributed by atoms with Crippen molar-refractivity contribution < 1.29 is 9.53 Å². The van der Waals surface area contributed by atoms with Gasteiger partial charge in [-0.05, 0) is 24.6 Å². The Hall–Kier alpha value is -1.51. The van der Waals surface area contributed by atoms with Crippen LogP contribution in [0.25, 0.3) is 0 Å². The van der Waals surface area contributed by atoms with Crippen LogP contribution in [-0.4, -0.2) is 13.5 Å². The molecule has 0 saturated carbocycles. The minimum Gasteiger partial charge on any atom is -0.497 e. The average molecular weight is 179 g/mol. The molecule has 0 aliphatic carbocycles. The van der Waals surface area contributed by atoms with E-state index in [0.29, 0.717) is 6.41 Å². The summed E-state index contributed by atoms with van der Waals surface area (Å²) in [6.45, 7) is 1.93. The first-order valence-corrected chi connectivity index (χ1v) is 4.11. The first kappa shape index (κ1) is 9.58. The van der Waals surface area contributed by atoms with Crippen molar-refractivity contribution in [1.82, 2.24) is 5.32 Å². The number of methoxy groups -OCH3 is 1. The molecule has 0 fully saturated rings. The average Bonchev–Trinajstić information content (AvgIpc) is 2.18. The number of hydrogen-bond donors (Lipinski definition) is 1. The molecule has 3 nitrogen and oxygen atoms in total. The number of benzene rings is 1. The largest absolute Gasteiger partial charge is 0.497 e. The molecule has 0 spiro atoms. The summed E-state index contributed by atoms with van der Waals surface area (Å²) >= 11 is 0. The van der Waals surface area contributed by atoms with E-state index in [1.807, 2.05) is 31.2 Å². The summed E-state index contributed by atoms with van der Waals surface area (Å²) in [4.78, 5) is 10.2. The summed E-state index contributed by atoms with van der Waals surface area (Å²) in [6.07, 6.45) is 0.703. The molecule has 1 aromatic carbocycles. The third-order valence-electron chi connectivity index (χ3n) is 1.93. The molecule has 0 bridgehead atoms. The van der Waals surface area contributed by atoms with Crippen LogP contribution < -0.4 is 10.1 Å². The fourth-order valence-corrected chi connectivity index (χ4v) is 1.09. The molecule has 1 N–H and O–H groups in total. The van der Waals surface area contributed by atoms with Gasteiger partial charge in [-0.15, -0.1) is 0 Å². The highest BCUT2D eigenvalue weighted by Crippen LogP contribution is 2.16. The summed E-state index contributed by atoms with van der Waals surface area (Å²) in [7, 11) is 1.63. The molecule has 1 amide bonds. The highest BCUT2D eigenvalue weighted by atomic mass is 16.5. The molecule has 13 heavy (non-hydrogen) atoms. The molecular formula is C10H13NO2. The Morgan fingerprint density at radius 1 is 1.38 bits per heavy atom. The van der Waals surface area contributed by atoms with Gasteiger partial charge in [-0.2, -0.15) is 0 Å². The number of nitrogens with one attached hydrogen (secondary N) is 1. The third-order valence-corrected chi connectivity index (χ3v) is 1.93. The molecule has 0 aromatic heterocycles. The topological polar surface area (TPSA) is 38.3 Å². The molecule has 0 heterocycles. The van der Waals surface area contributed by atoms with Crippen LogP contribution in [0.5, 0.6) is 5.75 Å². The minimum absolute atomic E-state index is 0.0448. The third kappa shape index (κ3) is 2.47. The first-order chi connectivity index (χ1) is 6.27. The maximum atomic E-state index is 10.2. The second-order valence-electron chi connectivity index (χ2n) is 2.78. The Morgan fingerprint density at radius 3 is 2.46 bits per heavy atom. The Labute approximate surface area is 77.7 Å². The van der Waals surface area contributed by atoms with Crippen molar-refractivity contribution in [2.24, 2.45) is 0 Å². The maximum absolute atomic E-state index is 10.2. The van der Waals surface area contributed by atoms with Gasteiger partial charge in [0.05, 0.1) is 13.2 Å². The molecule has 1 atom stereocenters. The Morgan fingerprint density at radius 2 is 2.00 bits per heavy atom. The van der Waals surface area contributed by atoms with Gasteiger partial charge in [-0.1, -0.05) is 12.1 Å². The molecule has 0 aliphatic heterocycles. The van der Waals surface area contributed by atoms with Crippen LogP contribution in [0.2, 0.25) is 0 Å². The van der Waals surface area contributed by atoms with Crippen molar-refractivity contribution in [3.05, 3.63) is 29.8 Å². The molecular weight excluding hydrogens is 166 g/mol. The molecule has 1 rings (SSSR count). The molecule has 3 heteroatoms. The second-order valence-corrected chi connectivity index (χ2v) is 2.78. The van der Waals surface area contributed by atoms with Gasteiger partial charge in [0.1, 0.15) is 5.75 Å². The zero-order valence-electron chi connectivity index (χ0n) is 7.78. The van der Waals surface area contributed by atoms with Crippen LogP contribution in [0.4, 0.5) is 0 Å². The standard InChI is InChI=1S/C10H13NO2/c1-8(11-7-12)9-3-5-10(13-2)6-4-9/h3-8H,1-2H3,(H,11,12)/t8-/m1/s1.